The highest BCUT2D eigenvalue weighted by molar-refractivity contribution is 7.98. The lowest BCUT2D eigenvalue weighted by molar-refractivity contribution is 0.394. The fraction of sp³-hybridized carbons (Fsp3) is 0.500. The molecular weight excluding hydrogens is 148 g/mol. The first-order chi connectivity index (χ1) is 4.92. The van der Waals surface area contributed by atoms with Gasteiger partial charge in [-0.25, -0.2) is 0 Å². The molecule has 1 N–H and O–H groups in total. The van der Waals surface area contributed by atoms with E-state index in [9.17, 15) is 0 Å². The van der Waals surface area contributed by atoms with Gasteiger partial charge in [-0.1, -0.05) is 0 Å². The van der Waals surface area contributed by atoms with Gasteiger partial charge < -0.3 is 4.74 Å². The standard InChI is InChI=1S/C6H8N2OS/c1-9-6-4-2-10-3-5(4)7-8-6/h2-3H2,1H3,(H,7,8). The topological polar surface area (TPSA) is 37.9 Å². The third-order valence-electron chi connectivity index (χ3n) is 1.60. The Morgan fingerprint density at radius 2 is 2.50 bits per heavy atom. The van der Waals surface area contributed by atoms with Gasteiger partial charge in [0.1, 0.15) is 0 Å². The van der Waals surface area contributed by atoms with E-state index >= 15 is 0 Å². The summed E-state index contributed by atoms with van der Waals surface area (Å²) in [7, 11) is 1.65. The van der Waals surface area contributed by atoms with Gasteiger partial charge >= 0.3 is 0 Å². The molecule has 2 heterocycles. The van der Waals surface area contributed by atoms with Gasteiger partial charge in [-0.2, -0.15) is 11.8 Å². The number of nitrogens with zero attached hydrogens (tertiary/aromatic N) is 1. The van der Waals surface area contributed by atoms with Crippen LogP contribution in [0, 0.1) is 0 Å². The van der Waals surface area contributed by atoms with Crippen molar-refractivity contribution in [2.24, 2.45) is 0 Å². The molecule has 1 aliphatic rings. The van der Waals surface area contributed by atoms with Crippen LogP contribution in [0.5, 0.6) is 5.88 Å². The van der Waals surface area contributed by atoms with Crippen molar-refractivity contribution in [3.05, 3.63) is 11.3 Å². The lowest BCUT2D eigenvalue weighted by Gasteiger charge is -1.93. The van der Waals surface area contributed by atoms with Gasteiger partial charge in [0.15, 0.2) is 0 Å². The largest absolute Gasteiger partial charge is 0.480 e. The molecule has 4 heteroatoms. The van der Waals surface area contributed by atoms with Gasteiger partial charge in [0.05, 0.1) is 12.8 Å². The molecule has 0 spiro atoms. The summed E-state index contributed by atoms with van der Waals surface area (Å²) in [5, 5.41) is 6.94. The SMILES string of the molecule is COc1n[nH]c2c1CSC2. The Balaban J connectivity index is 2.44. The third-order valence-corrected chi connectivity index (χ3v) is 2.59. The molecule has 0 radical (unpaired) electrons. The highest BCUT2D eigenvalue weighted by atomic mass is 32.2. The Kier molecular flexibility index (Phi) is 1.34. The molecule has 0 fully saturated rings. The quantitative estimate of drug-likeness (QED) is 0.663. The van der Waals surface area contributed by atoms with Crippen molar-refractivity contribution in [3.8, 4) is 5.88 Å². The van der Waals surface area contributed by atoms with E-state index in [0.29, 0.717) is 0 Å². The third kappa shape index (κ3) is 0.718. The lowest BCUT2D eigenvalue weighted by atomic mass is 10.3. The molecule has 0 atom stereocenters. The van der Waals surface area contributed by atoms with Crippen molar-refractivity contribution in [1.82, 2.24) is 10.2 Å². The van der Waals surface area contributed by atoms with Crippen LogP contribution in [0.15, 0.2) is 0 Å². The number of hydrogen-bond acceptors (Lipinski definition) is 3. The van der Waals surface area contributed by atoms with Crippen molar-refractivity contribution >= 4 is 11.8 Å². The van der Waals surface area contributed by atoms with E-state index < -0.39 is 0 Å². The summed E-state index contributed by atoms with van der Waals surface area (Å²) in [6.07, 6.45) is 0. The normalized spacial score (nSPS) is 15.3. The number of nitrogens with one attached hydrogen (secondary N) is 1. The number of H-pyrrole nitrogens is 1. The zero-order chi connectivity index (χ0) is 6.97. The molecule has 3 nitrogen and oxygen atoms in total. The van der Waals surface area contributed by atoms with Crippen molar-refractivity contribution in [2.45, 2.75) is 11.5 Å². The molecule has 1 aliphatic heterocycles. The maximum atomic E-state index is 5.04. The average molecular weight is 156 g/mol. The van der Waals surface area contributed by atoms with Crippen molar-refractivity contribution in [3.63, 3.8) is 0 Å². The highest BCUT2D eigenvalue weighted by Gasteiger charge is 2.18. The fourth-order valence-corrected chi connectivity index (χ4v) is 2.12. The van der Waals surface area contributed by atoms with Crippen LogP contribution in [0.25, 0.3) is 0 Å². The first-order valence-electron chi connectivity index (χ1n) is 3.09. The smallest absolute Gasteiger partial charge is 0.236 e. The highest BCUT2D eigenvalue weighted by Crippen LogP contribution is 2.33. The molecule has 0 bridgehead atoms. The Morgan fingerprint density at radius 1 is 1.60 bits per heavy atom. The van der Waals surface area contributed by atoms with E-state index in [4.69, 9.17) is 4.74 Å². The Hall–Kier alpha value is -0.640. The van der Waals surface area contributed by atoms with Crippen molar-refractivity contribution in [1.29, 1.82) is 0 Å². The number of aromatic nitrogens is 2. The predicted molar refractivity (Wildman–Crippen MR) is 40.1 cm³/mol. The molecule has 1 aromatic heterocycles. The van der Waals surface area contributed by atoms with E-state index in [1.165, 1.54) is 11.3 Å². The number of ether oxygens (including phenoxy) is 1. The maximum Gasteiger partial charge on any atom is 0.236 e. The second-order valence-corrected chi connectivity index (χ2v) is 3.17. The lowest BCUT2D eigenvalue weighted by Crippen LogP contribution is -1.85. The molecule has 0 aromatic carbocycles. The van der Waals surface area contributed by atoms with Crippen LogP contribution in [0.4, 0.5) is 0 Å². The minimum atomic E-state index is 0.764. The minimum absolute atomic E-state index is 0.764. The van der Waals surface area contributed by atoms with Gasteiger partial charge in [0.25, 0.3) is 0 Å². The molecule has 1 aromatic rings. The molecular formula is C6H8N2OS. The molecule has 54 valence electrons. The summed E-state index contributed by atoms with van der Waals surface area (Å²) < 4.78 is 5.04. The number of hydrogen-bond donors (Lipinski definition) is 1. The summed E-state index contributed by atoms with van der Waals surface area (Å²) in [6, 6.07) is 0. The number of rotatable bonds is 1. The van der Waals surface area contributed by atoms with E-state index in [-0.39, 0.29) is 0 Å². The summed E-state index contributed by atoms with van der Waals surface area (Å²) in [5.41, 5.74) is 2.47. The molecule has 0 saturated heterocycles. The number of fused-ring (bicyclic) bond motifs is 1. The molecule has 0 aliphatic carbocycles. The molecule has 10 heavy (non-hydrogen) atoms. The Morgan fingerprint density at radius 3 is 3.30 bits per heavy atom. The van der Waals surface area contributed by atoms with E-state index in [1.54, 1.807) is 7.11 Å². The molecule has 0 amide bonds. The van der Waals surface area contributed by atoms with E-state index in [2.05, 4.69) is 10.2 Å². The zero-order valence-corrected chi connectivity index (χ0v) is 6.49. The number of aromatic amines is 1. The summed E-state index contributed by atoms with van der Waals surface area (Å²) >= 11 is 1.89. The van der Waals surface area contributed by atoms with Crippen LogP contribution in [0.3, 0.4) is 0 Å². The van der Waals surface area contributed by atoms with E-state index in [0.717, 1.165) is 17.4 Å². The average Bonchev–Trinajstić information content (AvgIpc) is 2.44. The van der Waals surface area contributed by atoms with Crippen LogP contribution in [0.2, 0.25) is 0 Å². The second-order valence-electron chi connectivity index (χ2n) is 2.18. The van der Waals surface area contributed by atoms with Gasteiger partial charge in [0.2, 0.25) is 5.88 Å². The van der Waals surface area contributed by atoms with Crippen molar-refractivity contribution in [2.75, 3.05) is 7.11 Å². The monoisotopic (exact) mass is 156 g/mol. The van der Waals surface area contributed by atoms with E-state index in [1.807, 2.05) is 11.8 Å². The van der Waals surface area contributed by atoms with Crippen LogP contribution in [-0.2, 0) is 11.5 Å². The van der Waals surface area contributed by atoms with Crippen LogP contribution < -0.4 is 4.74 Å². The summed E-state index contributed by atoms with van der Waals surface area (Å²) in [4.78, 5) is 0. The van der Waals surface area contributed by atoms with Crippen LogP contribution in [0.1, 0.15) is 11.3 Å². The first-order valence-corrected chi connectivity index (χ1v) is 4.25. The van der Waals surface area contributed by atoms with Gasteiger partial charge in [-0.05, 0) is 0 Å². The fourth-order valence-electron chi connectivity index (χ4n) is 1.07. The molecule has 2 rings (SSSR count). The van der Waals surface area contributed by atoms with Crippen LogP contribution in [-0.4, -0.2) is 17.3 Å². The van der Waals surface area contributed by atoms with Crippen molar-refractivity contribution < 1.29 is 4.74 Å². The van der Waals surface area contributed by atoms with Gasteiger partial charge in [0, 0.05) is 17.1 Å². The summed E-state index contributed by atoms with van der Waals surface area (Å²) in [5.74, 6) is 2.85. The summed E-state index contributed by atoms with van der Waals surface area (Å²) in [6.45, 7) is 0. The Labute approximate surface area is 63.2 Å². The molecule has 0 saturated carbocycles. The second kappa shape index (κ2) is 2.20. The predicted octanol–water partition coefficient (Wildman–Crippen LogP) is 1.17. The zero-order valence-electron chi connectivity index (χ0n) is 5.68. The maximum absolute atomic E-state index is 5.04. The van der Waals surface area contributed by atoms with Crippen LogP contribution >= 0.6 is 11.8 Å². The van der Waals surface area contributed by atoms with Gasteiger partial charge in [-0.3, -0.25) is 5.10 Å². The minimum Gasteiger partial charge on any atom is -0.480 e. The van der Waals surface area contributed by atoms with Gasteiger partial charge in [-0.15, -0.1) is 5.10 Å². The molecule has 0 unspecified atom stereocenters. The number of methoxy groups -OCH3 is 1. The number of thioether (sulfide) groups is 1. The Bertz CT molecular complexity index is 246. The first kappa shape index (κ1) is 6.09.